The number of hydrogen-bond acceptors (Lipinski definition) is 3. The number of carbonyl (C=O) groups excluding carboxylic acids is 1. The van der Waals surface area contributed by atoms with Gasteiger partial charge in [-0.1, -0.05) is 0 Å². The number of rotatable bonds is 6. The zero-order valence-corrected chi connectivity index (χ0v) is 12.1. The van der Waals surface area contributed by atoms with Gasteiger partial charge in [0, 0.05) is 12.6 Å². The molecule has 1 saturated carbocycles. The molecule has 1 aromatic carbocycles. The lowest BCUT2D eigenvalue weighted by atomic mass is 10.2. The van der Waals surface area contributed by atoms with Crippen LogP contribution in [0.1, 0.15) is 25.7 Å². The molecular weight excluding hydrogens is 271 g/mol. The minimum Gasteiger partial charge on any atom is -0.492 e. The first kappa shape index (κ1) is 14.3. The Morgan fingerprint density at radius 2 is 2.05 bits per heavy atom. The minimum atomic E-state index is -0.265. The van der Waals surface area contributed by atoms with Gasteiger partial charge in [0.2, 0.25) is 5.91 Å². The second kappa shape index (κ2) is 6.43. The molecule has 21 heavy (non-hydrogen) atoms. The molecule has 1 saturated heterocycles. The van der Waals surface area contributed by atoms with E-state index < -0.39 is 0 Å². The third kappa shape index (κ3) is 3.94. The quantitative estimate of drug-likeness (QED) is 0.871. The highest BCUT2D eigenvalue weighted by molar-refractivity contribution is 5.82. The lowest BCUT2D eigenvalue weighted by molar-refractivity contribution is -0.125. The van der Waals surface area contributed by atoms with Crippen molar-refractivity contribution >= 4 is 5.91 Å². The largest absolute Gasteiger partial charge is 0.492 e. The number of benzene rings is 1. The van der Waals surface area contributed by atoms with Gasteiger partial charge in [-0.3, -0.25) is 9.69 Å². The van der Waals surface area contributed by atoms with Gasteiger partial charge in [-0.05, 0) is 56.5 Å². The summed E-state index contributed by atoms with van der Waals surface area (Å²) in [6.07, 6.45) is 4.21. The molecule has 2 fully saturated rings. The number of nitrogens with one attached hydrogen (secondary N) is 1. The Morgan fingerprint density at radius 3 is 2.76 bits per heavy atom. The number of nitrogens with zero attached hydrogens (tertiary/aromatic N) is 1. The van der Waals surface area contributed by atoms with Crippen LogP contribution in [0.2, 0.25) is 0 Å². The molecule has 0 aromatic heterocycles. The summed E-state index contributed by atoms with van der Waals surface area (Å²) in [5, 5.41) is 3.08. The molecule has 1 atom stereocenters. The second-order valence-corrected chi connectivity index (χ2v) is 5.78. The van der Waals surface area contributed by atoms with Crippen molar-refractivity contribution in [2.75, 3.05) is 19.7 Å². The van der Waals surface area contributed by atoms with E-state index >= 15 is 0 Å². The van der Waals surface area contributed by atoms with Crippen LogP contribution in [0.4, 0.5) is 4.39 Å². The molecule has 114 valence electrons. The van der Waals surface area contributed by atoms with Crippen molar-refractivity contribution in [3.8, 4) is 5.75 Å². The van der Waals surface area contributed by atoms with E-state index in [2.05, 4.69) is 10.2 Å². The van der Waals surface area contributed by atoms with Crippen molar-refractivity contribution in [3.63, 3.8) is 0 Å². The van der Waals surface area contributed by atoms with Crippen LogP contribution in [0.25, 0.3) is 0 Å². The maximum atomic E-state index is 12.8. The summed E-state index contributed by atoms with van der Waals surface area (Å²) in [4.78, 5) is 14.3. The minimum absolute atomic E-state index is 0.0117. The smallest absolute Gasteiger partial charge is 0.237 e. The summed E-state index contributed by atoms with van der Waals surface area (Å²) in [5.41, 5.74) is 0. The maximum Gasteiger partial charge on any atom is 0.237 e. The number of hydrogen-bond donors (Lipinski definition) is 1. The van der Waals surface area contributed by atoms with Crippen LogP contribution in [0, 0.1) is 5.82 Å². The zero-order valence-electron chi connectivity index (χ0n) is 12.1. The summed E-state index contributed by atoms with van der Waals surface area (Å²) in [5.74, 6) is 0.560. The van der Waals surface area contributed by atoms with Crippen LogP contribution in [0.5, 0.6) is 5.75 Å². The van der Waals surface area contributed by atoms with Crippen molar-refractivity contribution in [1.82, 2.24) is 10.2 Å². The fourth-order valence-electron chi connectivity index (χ4n) is 2.73. The molecule has 1 unspecified atom stereocenters. The molecule has 5 heteroatoms. The molecule has 3 rings (SSSR count). The van der Waals surface area contributed by atoms with Crippen LogP contribution >= 0.6 is 0 Å². The van der Waals surface area contributed by atoms with Gasteiger partial charge in [-0.25, -0.2) is 4.39 Å². The predicted molar refractivity (Wildman–Crippen MR) is 77.7 cm³/mol. The molecule has 0 bridgehead atoms. The van der Waals surface area contributed by atoms with Gasteiger partial charge < -0.3 is 10.1 Å². The predicted octanol–water partition coefficient (Wildman–Crippen LogP) is 1.95. The number of carbonyl (C=O) groups is 1. The Kier molecular flexibility index (Phi) is 4.39. The number of amides is 1. The summed E-state index contributed by atoms with van der Waals surface area (Å²) in [6, 6.07) is 6.42. The standard InChI is InChI=1S/C16H21FN2O2/c17-12-3-7-14(8-4-12)21-11-10-19-9-1-2-15(19)16(20)18-13-5-6-13/h3-4,7-8,13,15H,1-2,5-6,9-11H2,(H,18,20). The third-order valence-corrected chi connectivity index (χ3v) is 4.05. The first-order valence-electron chi connectivity index (χ1n) is 7.65. The van der Waals surface area contributed by atoms with Crippen molar-refractivity contribution < 1.29 is 13.9 Å². The molecule has 0 spiro atoms. The summed E-state index contributed by atoms with van der Waals surface area (Å²) in [6.45, 7) is 2.18. The first-order chi connectivity index (χ1) is 10.2. The van der Waals surface area contributed by atoms with Gasteiger partial charge in [0.05, 0.1) is 6.04 Å². The van der Waals surface area contributed by atoms with Crippen LogP contribution in [-0.2, 0) is 4.79 Å². The first-order valence-corrected chi connectivity index (χ1v) is 7.65. The normalized spacial score (nSPS) is 22.2. The van der Waals surface area contributed by atoms with Gasteiger partial charge in [0.1, 0.15) is 18.2 Å². The molecule has 1 amide bonds. The Hall–Kier alpha value is -1.62. The fourth-order valence-corrected chi connectivity index (χ4v) is 2.73. The van der Waals surface area contributed by atoms with E-state index in [1.54, 1.807) is 12.1 Å². The van der Waals surface area contributed by atoms with Crippen molar-refractivity contribution in [1.29, 1.82) is 0 Å². The van der Waals surface area contributed by atoms with Crippen molar-refractivity contribution in [2.45, 2.75) is 37.8 Å². The molecule has 1 aromatic rings. The lowest BCUT2D eigenvalue weighted by Crippen LogP contribution is -2.45. The van der Waals surface area contributed by atoms with Crippen molar-refractivity contribution in [3.05, 3.63) is 30.1 Å². The SMILES string of the molecule is O=C(NC1CC1)C1CCCN1CCOc1ccc(F)cc1. The fraction of sp³-hybridized carbons (Fsp3) is 0.562. The van der Waals surface area contributed by atoms with Crippen LogP contribution in [0.3, 0.4) is 0 Å². The molecule has 2 aliphatic rings. The topological polar surface area (TPSA) is 41.6 Å². The highest BCUT2D eigenvalue weighted by atomic mass is 19.1. The zero-order chi connectivity index (χ0) is 14.7. The molecule has 4 nitrogen and oxygen atoms in total. The van der Waals surface area contributed by atoms with E-state index in [4.69, 9.17) is 4.74 Å². The summed E-state index contributed by atoms with van der Waals surface area (Å²) in [7, 11) is 0. The van der Waals surface area contributed by atoms with E-state index in [1.807, 2.05) is 0 Å². The highest BCUT2D eigenvalue weighted by Crippen LogP contribution is 2.22. The Bertz CT molecular complexity index is 488. The maximum absolute atomic E-state index is 12.8. The van der Waals surface area contributed by atoms with E-state index in [9.17, 15) is 9.18 Å². The molecule has 1 N–H and O–H groups in total. The van der Waals surface area contributed by atoms with E-state index in [1.165, 1.54) is 12.1 Å². The summed E-state index contributed by atoms with van der Waals surface area (Å²) >= 11 is 0. The Balaban J connectivity index is 1.45. The Morgan fingerprint density at radius 1 is 1.29 bits per heavy atom. The van der Waals surface area contributed by atoms with Crippen LogP contribution < -0.4 is 10.1 Å². The monoisotopic (exact) mass is 292 g/mol. The lowest BCUT2D eigenvalue weighted by Gasteiger charge is -2.23. The molecule has 1 aliphatic heterocycles. The second-order valence-electron chi connectivity index (χ2n) is 5.78. The molecule has 1 aliphatic carbocycles. The van der Waals surface area contributed by atoms with E-state index in [0.717, 1.165) is 38.8 Å². The van der Waals surface area contributed by atoms with Gasteiger partial charge >= 0.3 is 0 Å². The van der Waals surface area contributed by atoms with Crippen molar-refractivity contribution in [2.24, 2.45) is 0 Å². The van der Waals surface area contributed by atoms with E-state index in [-0.39, 0.29) is 17.8 Å². The molecule has 0 radical (unpaired) electrons. The number of ether oxygens (including phenoxy) is 1. The average Bonchev–Trinajstić information content (AvgIpc) is 3.16. The van der Waals surface area contributed by atoms with Gasteiger partial charge in [0.25, 0.3) is 0 Å². The third-order valence-electron chi connectivity index (χ3n) is 4.05. The van der Waals surface area contributed by atoms with E-state index in [0.29, 0.717) is 18.4 Å². The number of halogens is 1. The van der Waals surface area contributed by atoms with Gasteiger partial charge in [-0.2, -0.15) is 0 Å². The van der Waals surface area contributed by atoms with Crippen LogP contribution in [-0.4, -0.2) is 42.6 Å². The van der Waals surface area contributed by atoms with Crippen LogP contribution in [0.15, 0.2) is 24.3 Å². The molecule has 1 heterocycles. The summed E-state index contributed by atoms with van der Waals surface area (Å²) < 4.78 is 18.4. The van der Waals surface area contributed by atoms with Gasteiger partial charge in [0.15, 0.2) is 0 Å². The Labute approximate surface area is 124 Å². The molecular formula is C16H21FN2O2. The number of likely N-dealkylation sites (tertiary alicyclic amines) is 1. The van der Waals surface area contributed by atoms with Gasteiger partial charge in [-0.15, -0.1) is 0 Å². The average molecular weight is 292 g/mol. The highest BCUT2D eigenvalue weighted by Gasteiger charge is 2.33.